The first-order chi connectivity index (χ1) is 7.38. The molecule has 1 aliphatic carbocycles. The van der Waals surface area contributed by atoms with Crippen LogP contribution in [0.25, 0.3) is 0 Å². The maximum Gasteiger partial charge on any atom is 0.213 e. The van der Waals surface area contributed by atoms with Gasteiger partial charge in [0, 0.05) is 13.2 Å². The van der Waals surface area contributed by atoms with E-state index in [-0.39, 0.29) is 0 Å². The molecule has 0 amide bonds. The zero-order valence-electron chi connectivity index (χ0n) is 8.98. The summed E-state index contributed by atoms with van der Waals surface area (Å²) in [5, 5.41) is 7.19. The smallest absolute Gasteiger partial charge is 0.213 e. The highest BCUT2D eigenvalue weighted by Crippen LogP contribution is 2.20. The van der Waals surface area contributed by atoms with Gasteiger partial charge >= 0.3 is 0 Å². The molecule has 0 saturated heterocycles. The first kappa shape index (κ1) is 10.6. The maximum atomic E-state index is 5.32. The van der Waals surface area contributed by atoms with Crippen LogP contribution in [-0.4, -0.2) is 29.4 Å². The fraction of sp³-hybridized carbons (Fsp3) is 0.800. The van der Waals surface area contributed by atoms with Crippen LogP contribution in [0.3, 0.4) is 0 Å². The fourth-order valence-corrected chi connectivity index (χ4v) is 2.01. The molecule has 0 bridgehead atoms. The van der Waals surface area contributed by atoms with E-state index in [2.05, 4.69) is 20.0 Å². The molecular weight excluding hydrogens is 194 g/mol. The maximum absolute atomic E-state index is 5.32. The Morgan fingerprint density at radius 2 is 2.27 bits per heavy atom. The van der Waals surface area contributed by atoms with E-state index in [0.717, 1.165) is 31.5 Å². The molecule has 0 unspecified atom stereocenters. The number of aromatic nitrogens is 2. The van der Waals surface area contributed by atoms with Gasteiger partial charge in [-0.2, -0.15) is 4.98 Å². The topological polar surface area (TPSA) is 60.2 Å². The summed E-state index contributed by atoms with van der Waals surface area (Å²) in [5.41, 5.74) is 0. The number of methoxy groups -OCH3 is 1. The fourth-order valence-electron chi connectivity index (χ4n) is 2.01. The summed E-state index contributed by atoms with van der Waals surface area (Å²) in [7, 11) is 1.79. The second-order valence-corrected chi connectivity index (χ2v) is 3.94. The van der Waals surface area contributed by atoms with Crippen molar-refractivity contribution >= 4 is 0 Å². The molecule has 0 spiro atoms. The Morgan fingerprint density at radius 1 is 1.47 bits per heavy atom. The lowest BCUT2D eigenvalue weighted by atomic mass is 9.93. The van der Waals surface area contributed by atoms with Crippen LogP contribution in [0.2, 0.25) is 0 Å². The summed E-state index contributed by atoms with van der Waals surface area (Å²) in [4.78, 5) is 3.97. The van der Waals surface area contributed by atoms with Crippen molar-refractivity contribution in [1.82, 2.24) is 15.5 Å². The van der Waals surface area contributed by atoms with Gasteiger partial charge in [0.05, 0.1) is 12.6 Å². The van der Waals surface area contributed by atoms with Crippen LogP contribution in [-0.2, 0) is 11.3 Å². The average molecular weight is 211 g/mol. The molecule has 0 radical (unpaired) electrons. The van der Waals surface area contributed by atoms with E-state index < -0.39 is 0 Å². The Morgan fingerprint density at radius 3 is 2.87 bits per heavy atom. The van der Waals surface area contributed by atoms with Crippen LogP contribution < -0.4 is 5.32 Å². The highest BCUT2D eigenvalue weighted by atomic mass is 16.5. The minimum absolute atomic E-state index is 0.452. The van der Waals surface area contributed by atoms with Gasteiger partial charge in [0.2, 0.25) is 6.39 Å². The van der Waals surface area contributed by atoms with Crippen LogP contribution in [0.15, 0.2) is 10.9 Å². The predicted octanol–water partition coefficient (Wildman–Crippen LogP) is 1.12. The van der Waals surface area contributed by atoms with Gasteiger partial charge in [0.1, 0.15) is 0 Å². The van der Waals surface area contributed by atoms with Gasteiger partial charge in [0.15, 0.2) is 5.82 Å². The third-order valence-electron chi connectivity index (χ3n) is 2.96. The van der Waals surface area contributed by atoms with E-state index in [1.165, 1.54) is 6.39 Å². The van der Waals surface area contributed by atoms with Gasteiger partial charge < -0.3 is 14.6 Å². The van der Waals surface area contributed by atoms with Crippen LogP contribution in [0.4, 0.5) is 0 Å². The molecule has 0 atom stereocenters. The molecule has 1 aromatic heterocycles. The first-order valence-corrected chi connectivity index (χ1v) is 5.40. The van der Waals surface area contributed by atoms with E-state index in [9.17, 15) is 0 Å². The van der Waals surface area contributed by atoms with Gasteiger partial charge in [-0.1, -0.05) is 5.16 Å². The van der Waals surface area contributed by atoms with Gasteiger partial charge in [-0.3, -0.25) is 0 Å². The Bertz CT molecular complexity index is 268. The summed E-state index contributed by atoms with van der Waals surface area (Å²) in [6, 6.07) is 0.565. The Hall–Kier alpha value is -0.940. The van der Waals surface area contributed by atoms with E-state index in [1.54, 1.807) is 7.11 Å². The normalized spacial score (nSPS) is 26.7. The minimum Gasteiger partial charge on any atom is -0.381 e. The van der Waals surface area contributed by atoms with Gasteiger partial charge in [-0.25, -0.2) is 0 Å². The Labute approximate surface area is 89.2 Å². The van der Waals surface area contributed by atoms with Gasteiger partial charge in [-0.15, -0.1) is 0 Å². The number of hydrogen-bond acceptors (Lipinski definition) is 5. The molecular formula is C10H17N3O2. The zero-order chi connectivity index (χ0) is 10.5. The van der Waals surface area contributed by atoms with Crippen molar-refractivity contribution < 1.29 is 9.26 Å². The van der Waals surface area contributed by atoms with Crippen molar-refractivity contribution in [3.8, 4) is 0 Å². The molecule has 1 fully saturated rings. The molecule has 1 heterocycles. The summed E-state index contributed by atoms with van der Waals surface area (Å²) in [6.07, 6.45) is 6.42. The lowest BCUT2D eigenvalue weighted by molar-refractivity contribution is 0.0623. The van der Waals surface area contributed by atoms with Crippen LogP contribution in [0.1, 0.15) is 31.5 Å². The molecule has 0 aliphatic heterocycles. The highest BCUT2D eigenvalue weighted by Gasteiger charge is 2.20. The average Bonchev–Trinajstić information content (AvgIpc) is 2.80. The number of rotatable bonds is 4. The van der Waals surface area contributed by atoms with Crippen LogP contribution >= 0.6 is 0 Å². The monoisotopic (exact) mass is 211 g/mol. The summed E-state index contributed by atoms with van der Waals surface area (Å²) in [6.45, 7) is 0.693. The number of nitrogens with zero attached hydrogens (tertiary/aromatic N) is 2. The third-order valence-corrected chi connectivity index (χ3v) is 2.96. The second kappa shape index (κ2) is 5.23. The molecule has 84 valence electrons. The molecule has 5 heteroatoms. The molecule has 2 rings (SSSR count). The lowest BCUT2D eigenvalue weighted by Gasteiger charge is -2.27. The van der Waals surface area contributed by atoms with Crippen LogP contribution in [0, 0.1) is 0 Å². The van der Waals surface area contributed by atoms with Crippen molar-refractivity contribution in [2.45, 2.75) is 44.4 Å². The minimum atomic E-state index is 0.452. The van der Waals surface area contributed by atoms with Crippen molar-refractivity contribution in [2.24, 2.45) is 0 Å². The first-order valence-electron chi connectivity index (χ1n) is 5.40. The standard InChI is InChI=1S/C10H17N3O2/c1-14-9-4-2-8(3-5-9)11-6-10-12-7-15-13-10/h7-9,11H,2-6H2,1H3. The second-order valence-electron chi connectivity index (χ2n) is 3.94. The molecule has 1 N–H and O–H groups in total. The number of hydrogen-bond donors (Lipinski definition) is 1. The van der Waals surface area contributed by atoms with Crippen LogP contribution in [0.5, 0.6) is 0 Å². The van der Waals surface area contributed by atoms with E-state index in [4.69, 9.17) is 4.74 Å². The summed E-state index contributed by atoms with van der Waals surface area (Å²) >= 11 is 0. The molecule has 1 saturated carbocycles. The Kier molecular flexibility index (Phi) is 3.69. The summed E-state index contributed by atoms with van der Waals surface area (Å²) in [5.74, 6) is 0.726. The summed E-state index contributed by atoms with van der Waals surface area (Å²) < 4.78 is 9.99. The van der Waals surface area contributed by atoms with Gasteiger partial charge in [0.25, 0.3) is 0 Å². The highest BCUT2D eigenvalue weighted by molar-refractivity contribution is 4.82. The van der Waals surface area contributed by atoms with E-state index in [1.807, 2.05) is 0 Å². The lowest BCUT2D eigenvalue weighted by Crippen LogP contribution is -2.34. The van der Waals surface area contributed by atoms with Crippen molar-refractivity contribution in [1.29, 1.82) is 0 Å². The number of nitrogens with one attached hydrogen (secondary N) is 1. The largest absolute Gasteiger partial charge is 0.381 e. The molecule has 5 nitrogen and oxygen atoms in total. The predicted molar refractivity (Wildman–Crippen MR) is 54.2 cm³/mol. The molecule has 1 aliphatic rings. The quantitative estimate of drug-likeness (QED) is 0.808. The Balaban J connectivity index is 1.69. The zero-order valence-corrected chi connectivity index (χ0v) is 8.98. The van der Waals surface area contributed by atoms with Crippen molar-refractivity contribution in [2.75, 3.05) is 7.11 Å². The molecule has 15 heavy (non-hydrogen) atoms. The van der Waals surface area contributed by atoms with E-state index in [0.29, 0.717) is 18.7 Å². The number of ether oxygens (including phenoxy) is 1. The van der Waals surface area contributed by atoms with E-state index >= 15 is 0 Å². The SMILES string of the molecule is COC1CCC(NCc2ncon2)CC1. The van der Waals surface area contributed by atoms with Crippen molar-refractivity contribution in [3.05, 3.63) is 12.2 Å². The molecule has 1 aromatic rings. The van der Waals surface area contributed by atoms with Crippen molar-refractivity contribution in [3.63, 3.8) is 0 Å². The molecule has 0 aromatic carbocycles. The third kappa shape index (κ3) is 3.00. The van der Waals surface area contributed by atoms with Gasteiger partial charge in [-0.05, 0) is 25.7 Å².